The van der Waals surface area contributed by atoms with Gasteiger partial charge in [0.25, 0.3) is 5.91 Å². The van der Waals surface area contributed by atoms with Crippen LogP contribution in [0.3, 0.4) is 0 Å². The molecular weight excluding hydrogens is 320 g/mol. The van der Waals surface area contributed by atoms with Crippen LogP contribution in [-0.4, -0.2) is 56.1 Å². The van der Waals surface area contributed by atoms with Crippen LogP contribution >= 0.6 is 0 Å². The molecule has 1 heterocycles. The van der Waals surface area contributed by atoms with E-state index in [0.717, 1.165) is 13.1 Å². The molecule has 0 spiro atoms. The Labute approximate surface area is 147 Å². The van der Waals surface area contributed by atoms with E-state index in [1.807, 2.05) is 14.1 Å². The molecule has 1 aromatic heterocycles. The molecule has 0 aliphatic heterocycles. The lowest BCUT2D eigenvalue weighted by Crippen LogP contribution is -2.21. The van der Waals surface area contributed by atoms with E-state index in [9.17, 15) is 9.59 Å². The summed E-state index contributed by atoms with van der Waals surface area (Å²) in [6.45, 7) is 1.59. The van der Waals surface area contributed by atoms with Crippen molar-refractivity contribution in [2.75, 3.05) is 44.9 Å². The van der Waals surface area contributed by atoms with Gasteiger partial charge in [-0.3, -0.25) is 4.79 Å². The van der Waals surface area contributed by atoms with E-state index in [2.05, 4.69) is 25.3 Å². The Bertz CT molecular complexity index is 747. The van der Waals surface area contributed by atoms with Gasteiger partial charge in [0.2, 0.25) is 0 Å². The Balaban J connectivity index is 2.04. The number of nitrogens with zero attached hydrogens (tertiary/aromatic N) is 2. The van der Waals surface area contributed by atoms with E-state index < -0.39 is 5.97 Å². The minimum atomic E-state index is -0.451. The van der Waals surface area contributed by atoms with Gasteiger partial charge in [-0.1, -0.05) is 6.07 Å². The van der Waals surface area contributed by atoms with Crippen LogP contribution in [0.15, 0.2) is 42.6 Å². The number of ether oxygens (including phenoxy) is 1. The van der Waals surface area contributed by atoms with Crippen molar-refractivity contribution in [3.05, 3.63) is 53.7 Å². The van der Waals surface area contributed by atoms with Crippen molar-refractivity contribution in [3.8, 4) is 0 Å². The summed E-state index contributed by atoms with van der Waals surface area (Å²) in [5.74, 6) is -0.0923. The maximum atomic E-state index is 12.4. The normalized spacial score (nSPS) is 10.4. The zero-order valence-corrected chi connectivity index (χ0v) is 14.6. The quantitative estimate of drug-likeness (QED) is 0.750. The second-order valence-corrected chi connectivity index (χ2v) is 5.69. The number of esters is 1. The topological polar surface area (TPSA) is 83.6 Å². The number of pyridine rings is 1. The number of amides is 1. The lowest BCUT2D eigenvalue weighted by molar-refractivity contribution is 0.0600. The van der Waals surface area contributed by atoms with E-state index in [1.165, 1.54) is 7.11 Å². The fourth-order valence-electron chi connectivity index (χ4n) is 2.12. The largest absolute Gasteiger partial charge is 0.465 e. The molecule has 0 aliphatic rings. The minimum Gasteiger partial charge on any atom is -0.465 e. The van der Waals surface area contributed by atoms with Gasteiger partial charge in [-0.05, 0) is 44.4 Å². The standard InChI is InChI=1S/C18H22N4O3/c1-22(2)10-9-20-16-12-13(7-8-19-16)17(23)21-15-6-4-5-14(11-15)18(24)25-3/h4-8,11-12H,9-10H2,1-3H3,(H,19,20)(H,21,23). The first-order valence-corrected chi connectivity index (χ1v) is 7.84. The Morgan fingerprint density at radius 2 is 1.96 bits per heavy atom. The van der Waals surface area contributed by atoms with Crippen molar-refractivity contribution in [3.63, 3.8) is 0 Å². The number of hydrogen-bond donors (Lipinski definition) is 2. The lowest BCUT2D eigenvalue weighted by Gasteiger charge is -2.11. The van der Waals surface area contributed by atoms with Crippen molar-refractivity contribution in [1.82, 2.24) is 9.88 Å². The maximum absolute atomic E-state index is 12.4. The first-order valence-electron chi connectivity index (χ1n) is 7.84. The van der Waals surface area contributed by atoms with Gasteiger partial charge in [-0.25, -0.2) is 9.78 Å². The van der Waals surface area contributed by atoms with Crippen LogP contribution in [0.25, 0.3) is 0 Å². The fraction of sp³-hybridized carbons (Fsp3) is 0.278. The molecular formula is C18H22N4O3. The molecule has 7 nitrogen and oxygen atoms in total. The SMILES string of the molecule is COC(=O)c1cccc(NC(=O)c2ccnc(NCCN(C)C)c2)c1. The van der Waals surface area contributed by atoms with Crippen molar-refractivity contribution in [2.24, 2.45) is 0 Å². The van der Waals surface area contributed by atoms with Gasteiger partial charge < -0.3 is 20.3 Å². The highest BCUT2D eigenvalue weighted by Gasteiger charge is 2.10. The second kappa shape index (κ2) is 8.79. The number of hydrogen-bond acceptors (Lipinski definition) is 6. The average molecular weight is 342 g/mol. The summed E-state index contributed by atoms with van der Waals surface area (Å²) >= 11 is 0. The molecule has 0 bridgehead atoms. The monoisotopic (exact) mass is 342 g/mol. The van der Waals surface area contributed by atoms with Gasteiger partial charge in [0.1, 0.15) is 5.82 Å². The molecule has 0 unspecified atom stereocenters. The lowest BCUT2D eigenvalue weighted by atomic mass is 10.2. The van der Waals surface area contributed by atoms with Gasteiger partial charge in [0.05, 0.1) is 12.7 Å². The average Bonchev–Trinajstić information content (AvgIpc) is 2.61. The van der Waals surface area contributed by atoms with Crippen LogP contribution in [0.1, 0.15) is 20.7 Å². The number of methoxy groups -OCH3 is 1. The molecule has 0 saturated carbocycles. The van der Waals surface area contributed by atoms with Crippen LogP contribution in [0.4, 0.5) is 11.5 Å². The molecule has 132 valence electrons. The highest BCUT2D eigenvalue weighted by molar-refractivity contribution is 6.05. The predicted octanol–water partition coefficient (Wildman–Crippen LogP) is 2.09. The summed E-state index contributed by atoms with van der Waals surface area (Å²) < 4.78 is 4.68. The first-order chi connectivity index (χ1) is 12.0. The highest BCUT2D eigenvalue weighted by atomic mass is 16.5. The molecule has 0 atom stereocenters. The molecule has 1 amide bonds. The fourth-order valence-corrected chi connectivity index (χ4v) is 2.12. The minimum absolute atomic E-state index is 0.278. The van der Waals surface area contributed by atoms with E-state index in [4.69, 9.17) is 0 Å². The summed E-state index contributed by atoms with van der Waals surface area (Å²) in [4.78, 5) is 30.2. The summed E-state index contributed by atoms with van der Waals surface area (Å²) in [7, 11) is 5.29. The molecule has 2 aromatic rings. The third-order valence-electron chi connectivity index (χ3n) is 3.43. The summed E-state index contributed by atoms with van der Waals surface area (Å²) in [6.07, 6.45) is 1.58. The number of carbonyl (C=O) groups is 2. The Morgan fingerprint density at radius 1 is 1.16 bits per heavy atom. The van der Waals surface area contributed by atoms with Gasteiger partial charge >= 0.3 is 5.97 Å². The van der Waals surface area contributed by atoms with Crippen LogP contribution in [-0.2, 0) is 4.74 Å². The zero-order valence-electron chi connectivity index (χ0n) is 14.6. The Hall–Kier alpha value is -2.93. The molecule has 25 heavy (non-hydrogen) atoms. The zero-order chi connectivity index (χ0) is 18.2. The van der Waals surface area contributed by atoms with Crippen LogP contribution in [0.2, 0.25) is 0 Å². The highest BCUT2D eigenvalue weighted by Crippen LogP contribution is 2.14. The molecule has 2 N–H and O–H groups in total. The smallest absolute Gasteiger partial charge is 0.337 e. The number of aromatic nitrogens is 1. The second-order valence-electron chi connectivity index (χ2n) is 5.69. The van der Waals surface area contributed by atoms with Crippen molar-refractivity contribution in [2.45, 2.75) is 0 Å². The number of benzene rings is 1. The number of likely N-dealkylation sites (N-methyl/N-ethyl adjacent to an activating group) is 1. The third kappa shape index (κ3) is 5.58. The number of rotatable bonds is 7. The summed E-state index contributed by atoms with van der Waals surface area (Å²) in [5.41, 5.74) is 1.37. The molecule has 1 aromatic carbocycles. The van der Waals surface area contributed by atoms with Gasteiger partial charge in [0.15, 0.2) is 0 Å². The Morgan fingerprint density at radius 3 is 2.68 bits per heavy atom. The number of anilines is 2. The molecule has 0 radical (unpaired) electrons. The predicted molar refractivity (Wildman–Crippen MR) is 97.0 cm³/mol. The molecule has 0 saturated heterocycles. The third-order valence-corrected chi connectivity index (χ3v) is 3.43. The van der Waals surface area contributed by atoms with Crippen LogP contribution in [0, 0.1) is 0 Å². The van der Waals surface area contributed by atoms with Gasteiger partial charge in [0, 0.05) is 30.5 Å². The van der Waals surface area contributed by atoms with Crippen molar-refractivity contribution < 1.29 is 14.3 Å². The van der Waals surface area contributed by atoms with E-state index in [0.29, 0.717) is 22.6 Å². The number of carbonyl (C=O) groups excluding carboxylic acids is 2. The maximum Gasteiger partial charge on any atom is 0.337 e. The van der Waals surface area contributed by atoms with Gasteiger partial charge in [-0.2, -0.15) is 0 Å². The summed E-state index contributed by atoms with van der Waals surface area (Å²) in [5, 5.41) is 5.94. The molecule has 0 aliphatic carbocycles. The number of nitrogens with one attached hydrogen (secondary N) is 2. The van der Waals surface area contributed by atoms with Crippen molar-refractivity contribution >= 4 is 23.4 Å². The first kappa shape index (κ1) is 18.4. The Kier molecular flexibility index (Phi) is 6.47. The molecule has 0 fully saturated rings. The van der Waals surface area contributed by atoms with E-state index in [1.54, 1.807) is 42.6 Å². The van der Waals surface area contributed by atoms with Gasteiger partial charge in [-0.15, -0.1) is 0 Å². The molecule has 2 rings (SSSR count). The van der Waals surface area contributed by atoms with E-state index >= 15 is 0 Å². The van der Waals surface area contributed by atoms with Crippen LogP contribution < -0.4 is 10.6 Å². The van der Waals surface area contributed by atoms with Crippen molar-refractivity contribution in [1.29, 1.82) is 0 Å². The van der Waals surface area contributed by atoms with Crippen LogP contribution in [0.5, 0.6) is 0 Å². The molecule has 7 heteroatoms. The summed E-state index contributed by atoms with van der Waals surface area (Å²) in [6, 6.07) is 9.91. The van der Waals surface area contributed by atoms with E-state index in [-0.39, 0.29) is 5.91 Å².